The summed E-state index contributed by atoms with van der Waals surface area (Å²) in [6.07, 6.45) is 1.34. The third-order valence-corrected chi connectivity index (χ3v) is 3.72. The van der Waals surface area contributed by atoms with Gasteiger partial charge in [0, 0.05) is 13.8 Å². The molecule has 112 valence electrons. The molecule has 0 fully saturated rings. The first-order valence-electron chi connectivity index (χ1n) is 5.60. The fraction of sp³-hybridized carbons (Fsp3) is 0.154. The van der Waals surface area contributed by atoms with Crippen LogP contribution in [0.15, 0.2) is 17.8 Å². The maximum Gasteiger partial charge on any atom is 0.352 e. The molecular formula is C13H11I2NO5. The number of carbonyl (C=O) groups is 3. The van der Waals surface area contributed by atoms with Crippen LogP contribution in [0.2, 0.25) is 0 Å². The Labute approximate surface area is 148 Å². The van der Waals surface area contributed by atoms with E-state index >= 15 is 0 Å². The Hall–Kier alpha value is -1.17. The van der Waals surface area contributed by atoms with Crippen molar-refractivity contribution in [1.29, 1.82) is 0 Å². The molecule has 0 heterocycles. The summed E-state index contributed by atoms with van der Waals surface area (Å²) in [6, 6.07) is 3.32. The van der Waals surface area contributed by atoms with E-state index < -0.39 is 17.8 Å². The van der Waals surface area contributed by atoms with Gasteiger partial charge in [0.05, 0.1) is 7.14 Å². The van der Waals surface area contributed by atoms with Crippen LogP contribution in [0, 0.1) is 7.14 Å². The predicted molar refractivity (Wildman–Crippen MR) is 92.6 cm³/mol. The molecule has 0 aromatic heterocycles. The lowest BCUT2D eigenvalue weighted by atomic mass is 10.2. The van der Waals surface area contributed by atoms with Crippen molar-refractivity contribution in [3.8, 4) is 5.75 Å². The largest absolute Gasteiger partial charge is 0.477 e. The minimum Gasteiger partial charge on any atom is -0.477 e. The van der Waals surface area contributed by atoms with Crippen LogP contribution >= 0.6 is 45.2 Å². The summed E-state index contributed by atoms with van der Waals surface area (Å²) in [5.74, 6) is -1.71. The molecule has 0 unspecified atom stereocenters. The summed E-state index contributed by atoms with van der Waals surface area (Å²) >= 11 is 3.98. The van der Waals surface area contributed by atoms with Crippen LogP contribution in [-0.4, -0.2) is 23.0 Å². The second-order valence-corrected chi connectivity index (χ2v) is 6.28. The Balaban J connectivity index is 3.23. The van der Waals surface area contributed by atoms with Gasteiger partial charge in [-0.2, -0.15) is 0 Å². The number of esters is 1. The molecule has 1 rings (SSSR count). The van der Waals surface area contributed by atoms with E-state index in [2.05, 4.69) is 5.32 Å². The molecule has 0 aliphatic rings. The first-order valence-corrected chi connectivity index (χ1v) is 7.76. The maximum atomic E-state index is 11.1. The molecule has 2 N–H and O–H groups in total. The van der Waals surface area contributed by atoms with Gasteiger partial charge in [-0.25, -0.2) is 4.79 Å². The van der Waals surface area contributed by atoms with Crippen LogP contribution in [0.3, 0.4) is 0 Å². The van der Waals surface area contributed by atoms with Crippen molar-refractivity contribution >= 4 is 69.1 Å². The number of hydrogen-bond donors (Lipinski definition) is 2. The van der Waals surface area contributed by atoms with E-state index in [1.807, 2.05) is 45.2 Å². The minimum atomic E-state index is -1.24. The fourth-order valence-corrected chi connectivity index (χ4v) is 3.45. The van der Waals surface area contributed by atoms with Gasteiger partial charge in [-0.1, -0.05) is 0 Å². The number of carbonyl (C=O) groups excluding carboxylic acids is 2. The molecular weight excluding hydrogens is 504 g/mol. The predicted octanol–water partition coefficient (Wildman–Crippen LogP) is 2.38. The highest BCUT2D eigenvalue weighted by molar-refractivity contribution is 14.1. The molecule has 0 bridgehead atoms. The van der Waals surface area contributed by atoms with Crippen molar-refractivity contribution < 1.29 is 24.2 Å². The highest BCUT2D eigenvalue weighted by Crippen LogP contribution is 2.29. The fourth-order valence-electron chi connectivity index (χ4n) is 1.41. The maximum absolute atomic E-state index is 11.1. The lowest BCUT2D eigenvalue weighted by Gasteiger charge is -2.09. The normalized spacial score (nSPS) is 11.0. The number of hydrogen-bond acceptors (Lipinski definition) is 4. The van der Waals surface area contributed by atoms with Crippen molar-refractivity contribution in [3.63, 3.8) is 0 Å². The molecule has 6 nitrogen and oxygen atoms in total. The van der Waals surface area contributed by atoms with Crippen molar-refractivity contribution in [2.45, 2.75) is 13.8 Å². The first kappa shape index (κ1) is 17.9. The van der Waals surface area contributed by atoms with Crippen LogP contribution in [0.4, 0.5) is 0 Å². The molecule has 0 atom stereocenters. The molecule has 8 heteroatoms. The Morgan fingerprint density at radius 1 is 1.19 bits per heavy atom. The molecule has 0 radical (unpaired) electrons. The molecule has 0 saturated heterocycles. The van der Waals surface area contributed by atoms with Gasteiger partial charge in [0.25, 0.3) is 0 Å². The van der Waals surface area contributed by atoms with E-state index in [0.29, 0.717) is 18.5 Å². The van der Waals surface area contributed by atoms with Crippen molar-refractivity contribution in [3.05, 3.63) is 30.5 Å². The van der Waals surface area contributed by atoms with E-state index in [4.69, 9.17) is 9.84 Å². The van der Waals surface area contributed by atoms with Crippen molar-refractivity contribution in [2.24, 2.45) is 0 Å². The van der Waals surface area contributed by atoms with Gasteiger partial charge in [0.1, 0.15) is 5.70 Å². The van der Waals surface area contributed by atoms with Gasteiger partial charge >= 0.3 is 11.9 Å². The molecule has 0 spiro atoms. The molecule has 0 aliphatic heterocycles. The third-order valence-electron chi connectivity index (χ3n) is 2.12. The van der Waals surface area contributed by atoms with Crippen LogP contribution in [0.1, 0.15) is 19.4 Å². The Morgan fingerprint density at radius 2 is 1.71 bits per heavy atom. The lowest BCUT2D eigenvalue weighted by molar-refractivity contribution is -0.134. The molecule has 21 heavy (non-hydrogen) atoms. The average Bonchev–Trinajstić information content (AvgIpc) is 2.32. The number of rotatable bonds is 4. The molecule has 1 aromatic carbocycles. The van der Waals surface area contributed by atoms with Gasteiger partial charge in [-0.05, 0) is 69.0 Å². The number of aliphatic carboxylic acids is 1. The van der Waals surface area contributed by atoms with E-state index in [-0.39, 0.29) is 5.70 Å². The molecule has 1 aromatic rings. The minimum absolute atomic E-state index is 0.227. The second kappa shape index (κ2) is 7.73. The number of halogens is 2. The highest BCUT2D eigenvalue weighted by atomic mass is 127. The van der Waals surface area contributed by atoms with Gasteiger partial charge in [0.2, 0.25) is 5.91 Å². The Kier molecular flexibility index (Phi) is 6.58. The van der Waals surface area contributed by atoms with E-state index in [0.717, 1.165) is 0 Å². The summed E-state index contributed by atoms with van der Waals surface area (Å²) in [5, 5.41) is 11.3. The van der Waals surface area contributed by atoms with Crippen molar-refractivity contribution in [2.75, 3.05) is 0 Å². The molecule has 1 amide bonds. The quantitative estimate of drug-likeness (QED) is 0.278. The van der Waals surface area contributed by atoms with Gasteiger partial charge in [-0.3, -0.25) is 9.59 Å². The smallest absolute Gasteiger partial charge is 0.352 e. The van der Waals surface area contributed by atoms with Gasteiger partial charge in [0.15, 0.2) is 5.75 Å². The van der Waals surface area contributed by atoms with Crippen LogP contribution < -0.4 is 10.1 Å². The lowest BCUT2D eigenvalue weighted by Crippen LogP contribution is -2.24. The van der Waals surface area contributed by atoms with Gasteiger partial charge < -0.3 is 15.2 Å². The number of benzene rings is 1. The monoisotopic (exact) mass is 515 g/mol. The number of ether oxygens (including phenoxy) is 1. The summed E-state index contributed by atoms with van der Waals surface area (Å²) < 4.78 is 6.41. The van der Waals surface area contributed by atoms with Crippen LogP contribution in [0.5, 0.6) is 5.75 Å². The van der Waals surface area contributed by atoms with Crippen LogP contribution in [0.25, 0.3) is 6.08 Å². The molecule has 0 aliphatic carbocycles. The summed E-state index contributed by atoms with van der Waals surface area (Å²) in [7, 11) is 0. The number of carboxylic acids is 1. The van der Waals surface area contributed by atoms with E-state index in [9.17, 15) is 14.4 Å². The number of nitrogens with one attached hydrogen (secondary N) is 1. The summed E-state index contributed by atoms with van der Waals surface area (Å²) in [5.41, 5.74) is 0.347. The third kappa shape index (κ3) is 5.61. The zero-order chi connectivity index (χ0) is 16.2. The molecule has 0 saturated carbocycles. The van der Waals surface area contributed by atoms with E-state index in [1.165, 1.54) is 19.9 Å². The summed E-state index contributed by atoms with van der Waals surface area (Å²) in [4.78, 5) is 33.1. The number of amides is 1. The second-order valence-electron chi connectivity index (χ2n) is 3.95. The van der Waals surface area contributed by atoms with Gasteiger partial charge in [-0.15, -0.1) is 0 Å². The topological polar surface area (TPSA) is 92.7 Å². The zero-order valence-corrected chi connectivity index (χ0v) is 15.4. The highest BCUT2D eigenvalue weighted by Gasteiger charge is 2.13. The average molecular weight is 515 g/mol. The Bertz CT molecular complexity index is 616. The number of carboxylic acid groups (broad SMARTS) is 1. The summed E-state index contributed by atoms with van der Waals surface area (Å²) in [6.45, 7) is 2.54. The van der Waals surface area contributed by atoms with E-state index in [1.54, 1.807) is 12.1 Å². The zero-order valence-electron chi connectivity index (χ0n) is 11.1. The standard InChI is InChI=1S/C13H11I2NO5/c1-6(17)16-11(13(19)20)5-8-3-9(14)12(10(15)4-8)21-7(2)18/h3-5H,1-2H3,(H,16,17)(H,19,20)/b11-5+. The van der Waals surface area contributed by atoms with Crippen LogP contribution in [-0.2, 0) is 14.4 Å². The Morgan fingerprint density at radius 3 is 2.10 bits per heavy atom. The SMILES string of the molecule is CC(=O)N/C(=C/c1cc(I)c(OC(C)=O)c(I)c1)C(=O)O. The van der Waals surface area contributed by atoms with Crippen molar-refractivity contribution in [1.82, 2.24) is 5.32 Å². The first-order chi connectivity index (χ1) is 9.70.